The van der Waals surface area contributed by atoms with Crippen molar-refractivity contribution in [2.45, 2.75) is 60.6 Å². The fourth-order valence-corrected chi connectivity index (χ4v) is 4.03. The van der Waals surface area contributed by atoms with Crippen LogP contribution in [-0.2, 0) is 6.61 Å². The molecule has 5 nitrogen and oxygen atoms in total. The second-order valence-corrected chi connectivity index (χ2v) is 9.80. The molecule has 7 heteroatoms. The maximum atomic E-state index is 14.0. The number of carbonyl (C=O) groups is 1. The lowest BCUT2D eigenvalue weighted by atomic mass is 9.82. The maximum Gasteiger partial charge on any atom is 0.270 e. The lowest BCUT2D eigenvalue weighted by Gasteiger charge is -2.32. The molecule has 0 aliphatic rings. The summed E-state index contributed by atoms with van der Waals surface area (Å²) in [5.41, 5.74) is 1.36. The molecule has 0 aliphatic carbocycles. The standard InChI is InChI=1S/C25H30F2N3O2/c1-15-11-20(32-13-17-18(26)9-8-10-19(17)27)22-28-16(2)21(30(22)12-15)23(31)29-25(6,7)14-24(3,4)5/h8-12,14H,13H2,1-7H3,(H,29,31). The minimum Gasteiger partial charge on any atom is -0.485 e. The highest BCUT2D eigenvalue weighted by Gasteiger charge is 2.30. The predicted molar refractivity (Wildman–Crippen MR) is 121 cm³/mol. The van der Waals surface area contributed by atoms with Crippen LogP contribution in [0.2, 0.25) is 0 Å². The Morgan fingerprint density at radius 3 is 2.38 bits per heavy atom. The number of halogens is 2. The summed E-state index contributed by atoms with van der Waals surface area (Å²) in [5, 5.41) is 3.06. The van der Waals surface area contributed by atoms with Gasteiger partial charge < -0.3 is 10.1 Å². The first-order valence-electron chi connectivity index (χ1n) is 10.5. The van der Waals surface area contributed by atoms with E-state index in [4.69, 9.17) is 4.74 Å². The van der Waals surface area contributed by atoms with Crippen LogP contribution >= 0.6 is 0 Å². The van der Waals surface area contributed by atoms with Crippen molar-refractivity contribution in [3.63, 3.8) is 0 Å². The van der Waals surface area contributed by atoms with Gasteiger partial charge in [0, 0.05) is 11.7 Å². The van der Waals surface area contributed by atoms with E-state index < -0.39 is 17.2 Å². The fourth-order valence-electron chi connectivity index (χ4n) is 4.03. The molecule has 2 heterocycles. The molecular formula is C25H30F2N3O2. The number of ether oxygens (including phenoxy) is 1. The van der Waals surface area contributed by atoms with Gasteiger partial charge in [-0.25, -0.2) is 13.8 Å². The maximum absolute atomic E-state index is 14.0. The van der Waals surface area contributed by atoms with Crippen molar-refractivity contribution in [1.82, 2.24) is 14.7 Å². The third-order valence-electron chi connectivity index (χ3n) is 4.88. The average molecular weight is 443 g/mol. The van der Waals surface area contributed by atoms with Gasteiger partial charge in [0.2, 0.25) is 0 Å². The molecule has 0 bridgehead atoms. The van der Waals surface area contributed by atoms with Crippen molar-refractivity contribution in [3.8, 4) is 5.75 Å². The summed E-state index contributed by atoms with van der Waals surface area (Å²) < 4.78 is 35.4. The molecule has 3 rings (SSSR count). The second kappa shape index (κ2) is 8.52. The number of hydrogen-bond donors (Lipinski definition) is 1. The molecule has 32 heavy (non-hydrogen) atoms. The normalized spacial score (nSPS) is 12.3. The minimum atomic E-state index is -0.675. The number of fused-ring (bicyclic) bond motifs is 1. The van der Waals surface area contributed by atoms with Gasteiger partial charge in [-0.15, -0.1) is 0 Å². The highest BCUT2D eigenvalue weighted by atomic mass is 19.1. The summed E-state index contributed by atoms with van der Waals surface area (Å²) in [5.74, 6) is -1.27. The van der Waals surface area contributed by atoms with E-state index in [9.17, 15) is 13.6 Å². The van der Waals surface area contributed by atoms with Crippen LogP contribution in [0.5, 0.6) is 5.75 Å². The second-order valence-electron chi connectivity index (χ2n) is 9.80. The van der Waals surface area contributed by atoms with Gasteiger partial charge in [0.25, 0.3) is 5.91 Å². The van der Waals surface area contributed by atoms with E-state index >= 15 is 0 Å². The fraction of sp³-hybridized carbons (Fsp3) is 0.400. The number of benzene rings is 1. The first kappa shape index (κ1) is 23.7. The number of rotatable bonds is 6. The zero-order valence-corrected chi connectivity index (χ0v) is 19.6. The Bertz CT molecular complexity index is 1140. The van der Waals surface area contributed by atoms with Crippen LogP contribution in [0.4, 0.5) is 8.78 Å². The molecule has 1 radical (unpaired) electrons. The summed E-state index contributed by atoms with van der Waals surface area (Å²) in [6.45, 7) is 13.4. The van der Waals surface area contributed by atoms with Crippen LogP contribution in [0.25, 0.3) is 5.65 Å². The average Bonchev–Trinajstić information content (AvgIpc) is 2.94. The third-order valence-corrected chi connectivity index (χ3v) is 4.88. The van der Waals surface area contributed by atoms with Gasteiger partial charge in [-0.1, -0.05) is 26.8 Å². The predicted octanol–water partition coefficient (Wildman–Crippen LogP) is 5.57. The van der Waals surface area contributed by atoms with Gasteiger partial charge in [0.1, 0.15) is 23.9 Å². The Balaban J connectivity index is 1.95. The Morgan fingerprint density at radius 2 is 1.78 bits per heavy atom. The number of pyridine rings is 1. The molecule has 0 atom stereocenters. The monoisotopic (exact) mass is 442 g/mol. The molecular weight excluding hydrogens is 412 g/mol. The lowest BCUT2D eigenvalue weighted by molar-refractivity contribution is 0.0910. The first-order chi connectivity index (χ1) is 14.8. The van der Waals surface area contributed by atoms with Crippen molar-refractivity contribution in [1.29, 1.82) is 0 Å². The van der Waals surface area contributed by atoms with Gasteiger partial charge in [-0.2, -0.15) is 0 Å². The minimum absolute atomic E-state index is 0.0785. The van der Waals surface area contributed by atoms with Crippen LogP contribution in [0.15, 0.2) is 30.5 Å². The van der Waals surface area contributed by atoms with Gasteiger partial charge in [0.05, 0.1) is 11.3 Å². The van der Waals surface area contributed by atoms with E-state index in [-0.39, 0.29) is 23.5 Å². The van der Waals surface area contributed by atoms with E-state index in [2.05, 4.69) is 37.5 Å². The number of carbonyl (C=O) groups excluding carboxylic acids is 1. The Labute approximate surface area is 187 Å². The van der Waals surface area contributed by atoms with Crippen molar-refractivity contribution < 1.29 is 18.3 Å². The van der Waals surface area contributed by atoms with Crippen LogP contribution < -0.4 is 10.1 Å². The largest absolute Gasteiger partial charge is 0.485 e. The van der Waals surface area contributed by atoms with Crippen LogP contribution in [0.1, 0.15) is 61.9 Å². The number of hydrogen-bond acceptors (Lipinski definition) is 3. The zero-order chi connectivity index (χ0) is 23.8. The van der Waals surface area contributed by atoms with Crippen LogP contribution in [0, 0.1) is 37.3 Å². The molecule has 0 unspecified atom stereocenters. The summed E-state index contributed by atoms with van der Waals surface area (Å²) in [6, 6.07) is 5.41. The van der Waals surface area contributed by atoms with Crippen molar-refractivity contribution in [2.24, 2.45) is 5.41 Å². The smallest absolute Gasteiger partial charge is 0.270 e. The molecule has 0 fully saturated rings. The van der Waals surface area contributed by atoms with E-state index in [1.165, 1.54) is 18.2 Å². The molecule has 0 aliphatic heterocycles. The molecule has 1 amide bonds. The Morgan fingerprint density at radius 1 is 1.16 bits per heavy atom. The SMILES string of the molecule is Cc1cc(OCc2c(F)cccc2F)c2nc(C)c(C(=O)NC(C)(C)[CH]C(C)(C)C)n2c1. The third kappa shape index (κ3) is 5.26. The quantitative estimate of drug-likeness (QED) is 0.543. The van der Waals surface area contributed by atoms with E-state index in [1.807, 2.05) is 20.8 Å². The highest BCUT2D eigenvalue weighted by molar-refractivity contribution is 5.95. The molecule has 3 aromatic rings. The highest BCUT2D eigenvalue weighted by Crippen LogP contribution is 2.28. The molecule has 171 valence electrons. The van der Waals surface area contributed by atoms with Crippen molar-refractivity contribution >= 4 is 11.6 Å². The summed E-state index contributed by atoms with van der Waals surface area (Å²) in [4.78, 5) is 17.7. The van der Waals surface area contributed by atoms with E-state index in [1.54, 1.807) is 23.6 Å². The molecule has 0 spiro atoms. The number of aromatic nitrogens is 2. The van der Waals surface area contributed by atoms with Gasteiger partial charge in [0.15, 0.2) is 11.4 Å². The van der Waals surface area contributed by atoms with Gasteiger partial charge >= 0.3 is 0 Å². The van der Waals surface area contributed by atoms with E-state index in [0.717, 1.165) is 5.56 Å². The number of imidazole rings is 1. The summed E-state index contributed by atoms with van der Waals surface area (Å²) in [7, 11) is 0. The van der Waals surface area contributed by atoms with Crippen molar-refractivity contribution in [2.75, 3.05) is 0 Å². The number of aryl methyl sites for hydroxylation is 2. The Kier molecular flexibility index (Phi) is 6.31. The van der Waals surface area contributed by atoms with Crippen LogP contribution in [-0.4, -0.2) is 20.8 Å². The van der Waals surface area contributed by atoms with E-state index in [0.29, 0.717) is 22.8 Å². The molecule has 2 aromatic heterocycles. The summed E-state index contributed by atoms with van der Waals surface area (Å²) >= 11 is 0. The topological polar surface area (TPSA) is 55.6 Å². The number of amides is 1. The first-order valence-corrected chi connectivity index (χ1v) is 10.5. The number of nitrogens with one attached hydrogen (secondary N) is 1. The number of nitrogens with zero attached hydrogens (tertiary/aromatic N) is 2. The molecule has 0 saturated carbocycles. The molecule has 0 saturated heterocycles. The lowest BCUT2D eigenvalue weighted by Crippen LogP contribution is -2.46. The van der Waals surface area contributed by atoms with Crippen molar-refractivity contribution in [3.05, 3.63) is 71.0 Å². The molecule has 1 N–H and O–H groups in total. The molecule has 1 aromatic carbocycles. The zero-order valence-electron chi connectivity index (χ0n) is 19.6. The van der Waals surface area contributed by atoms with Gasteiger partial charge in [-0.05, 0) is 63.3 Å². The van der Waals surface area contributed by atoms with Gasteiger partial charge in [-0.3, -0.25) is 9.20 Å². The van der Waals surface area contributed by atoms with Crippen LogP contribution in [0.3, 0.4) is 0 Å². The summed E-state index contributed by atoms with van der Waals surface area (Å²) in [6.07, 6.45) is 3.88. The Hall–Kier alpha value is -2.96.